The van der Waals surface area contributed by atoms with Crippen LogP contribution >= 0.6 is 0 Å². The van der Waals surface area contributed by atoms with Gasteiger partial charge in [0.25, 0.3) is 0 Å². The smallest absolute Gasteiger partial charge is 0.298 e. The Bertz CT molecular complexity index is 1100. The molecule has 182 valence electrons. The molecule has 1 N–H and O–H groups in total. The van der Waals surface area contributed by atoms with Crippen molar-refractivity contribution < 1.29 is 13.2 Å². The van der Waals surface area contributed by atoms with E-state index in [4.69, 9.17) is 0 Å². The van der Waals surface area contributed by atoms with Crippen LogP contribution in [0.15, 0.2) is 103 Å². The number of nitrogens with zero attached hydrogens (tertiary/aromatic N) is 1. The summed E-state index contributed by atoms with van der Waals surface area (Å²) >= 11 is 0. The van der Waals surface area contributed by atoms with Crippen LogP contribution in [0.2, 0.25) is 0 Å². The summed E-state index contributed by atoms with van der Waals surface area (Å²) in [5, 5.41) is 3.70. The number of allylic oxidation sites excluding steroid dienone is 3. The third-order valence-electron chi connectivity index (χ3n) is 5.63. The summed E-state index contributed by atoms with van der Waals surface area (Å²) in [5.41, 5.74) is 4.41. The molecule has 5 heteroatoms. The average molecular weight is 477 g/mol. The number of alkyl halides is 3. The molecule has 1 unspecified atom stereocenters. The molecule has 0 spiro atoms. The molecule has 1 aromatic heterocycles. The van der Waals surface area contributed by atoms with Crippen molar-refractivity contribution in [3.8, 4) is 12.8 Å². The van der Waals surface area contributed by atoms with Gasteiger partial charge in [0.05, 0.1) is 17.7 Å². The van der Waals surface area contributed by atoms with Gasteiger partial charge in [-0.1, -0.05) is 84.5 Å². The lowest BCUT2D eigenvalue weighted by Crippen LogP contribution is -2.45. The van der Waals surface area contributed by atoms with Crippen molar-refractivity contribution in [2.75, 3.05) is 0 Å². The fraction of sp³-hybridized carbons (Fsp3) is 0.233. The van der Waals surface area contributed by atoms with E-state index in [0.717, 1.165) is 28.5 Å². The number of aryl methyl sites for hydroxylation is 1. The van der Waals surface area contributed by atoms with Gasteiger partial charge < -0.3 is 0 Å². The predicted molar refractivity (Wildman–Crippen MR) is 138 cm³/mol. The fourth-order valence-corrected chi connectivity index (χ4v) is 3.76. The lowest BCUT2D eigenvalue weighted by Gasteiger charge is -2.36. The topological polar surface area (TPSA) is 24.9 Å². The molecule has 1 atom stereocenters. The molecule has 3 aromatic rings. The van der Waals surface area contributed by atoms with E-state index in [1.54, 1.807) is 12.3 Å². The molecular weight excluding hydrogens is 445 g/mol. The van der Waals surface area contributed by atoms with Gasteiger partial charge in [0.2, 0.25) is 0 Å². The maximum absolute atomic E-state index is 12.6. The summed E-state index contributed by atoms with van der Waals surface area (Å²) in [6.07, 6.45) is 9.56. The molecule has 0 saturated carbocycles. The van der Waals surface area contributed by atoms with E-state index in [9.17, 15) is 13.2 Å². The molecule has 35 heavy (non-hydrogen) atoms. The second-order valence-corrected chi connectivity index (χ2v) is 8.22. The molecule has 0 amide bonds. The normalized spacial score (nSPS) is 13.6. The van der Waals surface area contributed by atoms with Gasteiger partial charge >= 0.3 is 6.18 Å². The average Bonchev–Trinajstić information content (AvgIpc) is 2.87. The van der Waals surface area contributed by atoms with Crippen LogP contribution in [0.3, 0.4) is 0 Å². The van der Waals surface area contributed by atoms with Gasteiger partial charge in [-0.2, -0.15) is 13.2 Å². The number of rotatable bonds is 9. The number of terminal acetylenes is 1. The Morgan fingerprint density at radius 3 is 2.17 bits per heavy atom. The molecule has 0 aliphatic carbocycles. The minimum atomic E-state index is -4.22. The minimum Gasteiger partial charge on any atom is -0.298 e. The van der Waals surface area contributed by atoms with Gasteiger partial charge in [-0.3, -0.25) is 10.3 Å². The van der Waals surface area contributed by atoms with Crippen LogP contribution in [-0.2, 0) is 18.5 Å². The Kier molecular flexibility index (Phi) is 10.5. The highest BCUT2D eigenvalue weighted by Crippen LogP contribution is 2.33. The van der Waals surface area contributed by atoms with E-state index < -0.39 is 18.1 Å². The highest BCUT2D eigenvalue weighted by molar-refractivity contribution is 5.36. The standard InChI is InChI=1S/C28H29F3N2.C2H2/c1-22-14-16-25(17-15-22)21-33-27(26-13-7-9-19-32-26,20-24-11-4-3-5-12-24)23(2)10-6-8-18-28(29,30)31;1-2/h3-17,19,33H,18,20-21H2,1-2H3;1-2H/b8-6-,23-10+;. The lowest BCUT2D eigenvalue weighted by molar-refractivity contribution is -0.125. The Morgan fingerprint density at radius 1 is 0.914 bits per heavy atom. The molecule has 0 fully saturated rings. The summed E-state index contributed by atoms with van der Waals surface area (Å²) in [7, 11) is 0. The number of hydrogen-bond donors (Lipinski definition) is 1. The Balaban J connectivity index is 0.00000210. The zero-order chi connectivity index (χ0) is 25.7. The Hall–Kier alpha value is -3.62. The third kappa shape index (κ3) is 8.59. The van der Waals surface area contributed by atoms with E-state index in [0.29, 0.717) is 13.0 Å². The van der Waals surface area contributed by atoms with Crippen molar-refractivity contribution in [1.29, 1.82) is 0 Å². The second kappa shape index (κ2) is 13.3. The Morgan fingerprint density at radius 2 is 1.57 bits per heavy atom. The number of aromatic nitrogens is 1. The van der Waals surface area contributed by atoms with Crippen molar-refractivity contribution in [2.45, 2.75) is 44.9 Å². The molecule has 0 aliphatic heterocycles. The van der Waals surface area contributed by atoms with Crippen LogP contribution in [0.5, 0.6) is 0 Å². The van der Waals surface area contributed by atoms with Gasteiger partial charge in [0, 0.05) is 19.2 Å². The largest absolute Gasteiger partial charge is 0.392 e. The molecule has 3 rings (SSSR count). The molecule has 0 bridgehead atoms. The van der Waals surface area contributed by atoms with Crippen LogP contribution in [-0.4, -0.2) is 11.2 Å². The van der Waals surface area contributed by atoms with Crippen LogP contribution < -0.4 is 5.32 Å². The number of benzene rings is 2. The van der Waals surface area contributed by atoms with Crippen molar-refractivity contribution in [2.24, 2.45) is 0 Å². The second-order valence-electron chi connectivity index (χ2n) is 8.22. The van der Waals surface area contributed by atoms with Crippen molar-refractivity contribution in [3.63, 3.8) is 0 Å². The van der Waals surface area contributed by atoms with Crippen LogP contribution in [0.4, 0.5) is 13.2 Å². The molecule has 2 nitrogen and oxygen atoms in total. The van der Waals surface area contributed by atoms with Gasteiger partial charge in [-0.25, -0.2) is 0 Å². The summed E-state index contributed by atoms with van der Waals surface area (Å²) in [4.78, 5) is 4.65. The number of nitrogens with one attached hydrogen (secondary N) is 1. The number of halogens is 3. The molecule has 0 aliphatic rings. The molecular formula is C30H31F3N2. The van der Waals surface area contributed by atoms with Crippen LogP contribution in [0, 0.1) is 19.8 Å². The first-order chi connectivity index (χ1) is 16.8. The molecule has 2 aromatic carbocycles. The third-order valence-corrected chi connectivity index (χ3v) is 5.63. The summed E-state index contributed by atoms with van der Waals surface area (Å²) < 4.78 is 37.8. The highest BCUT2D eigenvalue weighted by atomic mass is 19.4. The zero-order valence-electron chi connectivity index (χ0n) is 20.1. The lowest BCUT2D eigenvalue weighted by atomic mass is 9.80. The monoisotopic (exact) mass is 476 g/mol. The molecule has 0 radical (unpaired) electrons. The molecule has 0 saturated heterocycles. The van der Waals surface area contributed by atoms with Gasteiger partial charge in [-0.15, -0.1) is 12.8 Å². The number of hydrogen-bond acceptors (Lipinski definition) is 2. The van der Waals surface area contributed by atoms with Gasteiger partial charge in [-0.05, 0) is 42.7 Å². The number of pyridine rings is 1. The van der Waals surface area contributed by atoms with Gasteiger partial charge in [0.15, 0.2) is 0 Å². The maximum atomic E-state index is 12.6. The molecule has 1 heterocycles. The van der Waals surface area contributed by atoms with Crippen molar-refractivity contribution >= 4 is 0 Å². The van der Waals surface area contributed by atoms with Gasteiger partial charge in [0.1, 0.15) is 0 Å². The first-order valence-electron chi connectivity index (χ1n) is 11.3. The minimum absolute atomic E-state index is 0.584. The Labute approximate surface area is 206 Å². The van der Waals surface area contributed by atoms with Crippen LogP contribution in [0.25, 0.3) is 0 Å². The maximum Gasteiger partial charge on any atom is 0.392 e. The zero-order valence-corrected chi connectivity index (χ0v) is 20.1. The highest BCUT2D eigenvalue weighted by Gasteiger charge is 2.35. The first-order valence-corrected chi connectivity index (χ1v) is 11.3. The van der Waals surface area contributed by atoms with E-state index in [-0.39, 0.29) is 0 Å². The van der Waals surface area contributed by atoms with E-state index in [1.165, 1.54) is 11.6 Å². The quantitative estimate of drug-likeness (QED) is 0.258. The van der Waals surface area contributed by atoms with E-state index in [1.807, 2.05) is 50.2 Å². The van der Waals surface area contributed by atoms with E-state index >= 15 is 0 Å². The van der Waals surface area contributed by atoms with Crippen LogP contribution in [0.1, 0.15) is 35.7 Å². The van der Waals surface area contributed by atoms with E-state index in [2.05, 4.69) is 59.5 Å². The summed E-state index contributed by atoms with van der Waals surface area (Å²) in [6, 6.07) is 24.1. The summed E-state index contributed by atoms with van der Waals surface area (Å²) in [5.74, 6) is 0. The van der Waals surface area contributed by atoms with Crippen molar-refractivity contribution in [3.05, 3.63) is 125 Å². The van der Waals surface area contributed by atoms with Crippen molar-refractivity contribution in [1.82, 2.24) is 10.3 Å². The first kappa shape index (κ1) is 27.6. The summed E-state index contributed by atoms with van der Waals surface area (Å²) in [6.45, 7) is 4.57. The predicted octanol–water partition coefficient (Wildman–Crippen LogP) is 7.32. The SMILES string of the molecule is C#C.C/C(=C\C=C/CC(F)(F)F)C(Cc1ccccc1)(NCc1ccc(C)cc1)c1ccccn1. The fourth-order valence-electron chi connectivity index (χ4n) is 3.76.